The highest BCUT2D eigenvalue weighted by molar-refractivity contribution is 5.18. The largest absolute Gasteiger partial charge is 0.384 e. The molecule has 132 valence electrons. The fourth-order valence-electron chi connectivity index (χ4n) is 6.64. The second-order valence-corrected chi connectivity index (χ2v) is 9.08. The van der Waals surface area contributed by atoms with E-state index < -0.39 is 0 Å². The van der Waals surface area contributed by atoms with Gasteiger partial charge >= 0.3 is 0 Å². The lowest BCUT2D eigenvalue weighted by molar-refractivity contribution is -0.0103. The average molecular weight is 331 g/mol. The third-order valence-electron chi connectivity index (χ3n) is 7.37. The molecule has 0 spiro atoms. The highest BCUT2D eigenvalue weighted by Gasteiger charge is 2.54. The molecule has 0 amide bonds. The van der Waals surface area contributed by atoms with E-state index >= 15 is 0 Å². The zero-order valence-electron chi connectivity index (χ0n) is 14.7. The molecule has 0 radical (unpaired) electrons. The van der Waals surface area contributed by atoms with Crippen LogP contribution in [0.15, 0.2) is 4.52 Å². The van der Waals surface area contributed by atoms with Crippen molar-refractivity contribution in [2.75, 3.05) is 26.8 Å². The molecule has 1 aromatic rings. The van der Waals surface area contributed by atoms with Crippen LogP contribution >= 0.6 is 0 Å². The Kier molecular flexibility index (Phi) is 3.53. The Morgan fingerprint density at radius 2 is 1.71 bits per heavy atom. The number of aromatic nitrogens is 2. The Morgan fingerprint density at radius 1 is 1.08 bits per heavy atom. The minimum absolute atomic E-state index is 0.0897. The maximum Gasteiger partial charge on any atom is 0.235 e. The van der Waals surface area contributed by atoms with E-state index in [-0.39, 0.29) is 10.8 Å². The van der Waals surface area contributed by atoms with Crippen molar-refractivity contribution in [2.45, 2.75) is 62.2 Å². The van der Waals surface area contributed by atoms with Crippen LogP contribution in [0.2, 0.25) is 0 Å². The fraction of sp³-hybridized carbons (Fsp3) is 0.895. The first kappa shape index (κ1) is 15.3. The molecule has 5 aliphatic rings. The molecule has 24 heavy (non-hydrogen) atoms. The van der Waals surface area contributed by atoms with Gasteiger partial charge in [-0.1, -0.05) is 5.16 Å². The van der Waals surface area contributed by atoms with Gasteiger partial charge in [0.1, 0.15) is 0 Å². The minimum Gasteiger partial charge on any atom is -0.384 e. The van der Waals surface area contributed by atoms with Crippen molar-refractivity contribution in [3.8, 4) is 0 Å². The van der Waals surface area contributed by atoms with Crippen molar-refractivity contribution in [3.05, 3.63) is 11.7 Å². The molecule has 2 heterocycles. The number of nitrogens with zero attached hydrogens (tertiary/aromatic N) is 2. The van der Waals surface area contributed by atoms with Crippen LogP contribution in [0.1, 0.15) is 63.1 Å². The molecule has 5 heteroatoms. The number of methoxy groups -OCH3 is 1. The summed E-state index contributed by atoms with van der Waals surface area (Å²) in [6.45, 7) is 2.67. The lowest BCUT2D eigenvalue weighted by Crippen LogP contribution is -2.49. The topological polar surface area (TPSA) is 60.2 Å². The lowest BCUT2D eigenvalue weighted by Gasteiger charge is -2.55. The van der Waals surface area contributed by atoms with Crippen LogP contribution in [0, 0.1) is 17.8 Å². The summed E-state index contributed by atoms with van der Waals surface area (Å²) in [4.78, 5) is 5.03. The molecule has 1 saturated heterocycles. The summed E-state index contributed by atoms with van der Waals surface area (Å²) in [6, 6.07) is 0. The van der Waals surface area contributed by atoms with Crippen LogP contribution in [0.4, 0.5) is 0 Å². The number of piperidine rings is 1. The number of hydrogen-bond donors (Lipinski definition) is 1. The molecule has 5 nitrogen and oxygen atoms in total. The monoisotopic (exact) mass is 331 g/mol. The molecule has 1 aliphatic heterocycles. The van der Waals surface area contributed by atoms with Gasteiger partial charge in [0.2, 0.25) is 5.89 Å². The van der Waals surface area contributed by atoms with Gasteiger partial charge in [0.15, 0.2) is 5.82 Å². The van der Waals surface area contributed by atoms with Crippen LogP contribution in [-0.4, -0.2) is 36.9 Å². The fourth-order valence-corrected chi connectivity index (χ4v) is 6.64. The van der Waals surface area contributed by atoms with Gasteiger partial charge in [-0.25, -0.2) is 0 Å². The van der Waals surface area contributed by atoms with Gasteiger partial charge in [-0.05, 0) is 82.2 Å². The molecule has 4 saturated carbocycles. The first-order chi connectivity index (χ1) is 11.7. The van der Waals surface area contributed by atoms with Gasteiger partial charge in [-0.15, -0.1) is 0 Å². The summed E-state index contributed by atoms with van der Waals surface area (Å²) in [5, 5.41) is 7.98. The Hall–Kier alpha value is -0.940. The van der Waals surface area contributed by atoms with E-state index in [0.717, 1.165) is 55.4 Å². The summed E-state index contributed by atoms with van der Waals surface area (Å²) in [7, 11) is 1.78. The van der Waals surface area contributed by atoms with Crippen LogP contribution in [0.5, 0.6) is 0 Å². The highest BCUT2D eigenvalue weighted by Crippen LogP contribution is 2.60. The standard InChI is InChI=1S/C19H29N3O2/c1-23-12-18(2-4-20-5-3-18)17-21-16(22-24-17)19-9-13-6-14(10-19)8-15(7-13)11-19/h13-15,20H,2-12H2,1H3. The molecule has 4 bridgehead atoms. The Morgan fingerprint density at radius 3 is 2.29 bits per heavy atom. The minimum atomic E-state index is -0.0897. The number of hydrogen-bond acceptors (Lipinski definition) is 5. The highest BCUT2D eigenvalue weighted by atomic mass is 16.5. The van der Waals surface area contributed by atoms with Crippen molar-refractivity contribution >= 4 is 0 Å². The summed E-state index contributed by atoms with van der Waals surface area (Å²) in [5.41, 5.74) is 0.130. The SMILES string of the molecule is COCC1(c2nc(C34CC5CC(CC(C5)C3)C4)no2)CCNCC1. The van der Waals surface area contributed by atoms with Crippen molar-refractivity contribution in [1.82, 2.24) is 15.5 Å². The average Bonchev–Trinajstić information content (AvgIpc) is 3.06. The van der Waals surface area contributed by atoms with Crippen molar-refractivity contribution in [1.29, 1.82) is 0 Å². The molecule has 4 aliphatic carbocycles. The summed E-state index contributed by atoms with van der Waals surface area (Å²) >= 11 is 0. The summed E-state index contributed by atoms with van der Waals surface area (Å²) in [6.07, 6.45) is 10.2. The number of nitrogens with one attached hydrogen (secondary N) is 1. The van der Waals surface area contributed by atoms with Crippen LogP contribution in [0.25, 0.3) is 0 Å². The van der Waals surface area contributed by atoms with Crippen LogP contribution in [0.3, 0.4) is 0 Å². The Labute approximate surface area is 143 Å². The molecule has 1 N–H and O–H groups in total. The van der Waals surface area contributed by atoms with E-state index in [1.165, 1.54) is 38.5 Å². The molecular formula is C19H29N3O2. The zero-order valence-corrected chi connectivity index (χ0v) is 14.7. The van der Waals surface area contributed by atoms with Gasteiger partial charge in [0, 0.05) is 12.5 Å². The molecule has 0 aromatic carbocycles. The third kappa shape index (κ3) is 2.27. The van der Waals surface area contributed by atoms with E-state index in [1.807, 2.05) is 0 Å². The molecular weight excluding hydrogens is 302 g/mol. The van der Waals surface area contributed by atoms with E-state index in [9.17, 15) is 0 Å². The molecule has 6 rings (SSSR count). The van der Waals surface area contributed by atoms with Crippen molar-refractivity contribution < 1.29 is 9.26 Å². The van der Waals surface area contributed by atoms with E-state index in [4.69, 9.17) is 14.2 Å². The maximum atomic E-state index is 5.88. The van der Waals surface area contributed by atoms with Gasteiger partial charge in [0.25, 0.3) is 0 Å². The number of rotatable bonds is 4. The predicted octanol–water partition coefficient (Wildman–Crippen LogP) is 2.81. The second-order valence-electron chi connectivity index (χ2n) is 9.08. The van der Waals surface area contributed by atoms with Gasteiger partial charge in [0.05, 0.1) is 12.0 Å². The van der Waals surface area contributed by atoms with Gasteiger partial charge < -0.3 is 14.6 Å². The molecule has 1 aromatic heterocycles. The summed E-state index contributed by atoms with van der Waals surface area (Å²) in [5.74, 6) is 4.57. The quantitative estimate of drug-likeness (QED) is 0.919. The normalized spacial score (nSPS) is 40.1. The first-order valence-electron chi connectivity index (χ1n) is 9.76. The first-order valence-corrected chi connectivity index (χ1v) is 9.76. The third-order valence-corrected chi connectivity index (χ3v) is 7.37. The van der Waals surface area contributed by atoms with Crippen LogP contribution in [-0.2, 0) is 15.6 Å². The smallest absolute Gasteiger partial charge is 0.235 e. The maximum absolute atomic E-state index is 5.88. The van der Waals surface area contributed by atoms with E-state index in [0.29, 0.717) is 6.61 Å². The van der Waals surface area contributed by atoms with E-state index in [1.54, 1.807) is 7.11 Å². The predicted molar refractivity (Wildman–Crippen MR) is 89.8 cm³/mol. The van der Waals surface area contributed by atoms with E-state index in [2.05, 4.69) is 10.5 Å². The van der Waals surface area contributed by atoms with Gasteiger partial charge in [-0.3, -0.25) is 0 Å². The molecule has 0 unspecified atom stereocenters. The Bertz CT molecular complexity index is 565. The molecule has 5 fully saturated rings. The van der Waals surface area contributed by atoms with Crippen LogP contribution < -0.4 is 5.32 Å². The van der Waals surface area contributed by atoms with Crippen molar-refractivity contribution in [3.63, 3.8) is 0 Å². The lowest BCUT2D eigenvalue weighted by atomic mass is 9.49. The summed E-state index contributed by atoms with van der Waals surface area (Å²) < 4.78 is 11.4. The molecule has 0 atom stereocenters. The number of ether oxygens (including phenoxy) is 1. The Balaban J connectivity index is 1.46. The van der Waals surface area contributed by atoms with Crippen molar-refractivity contribution in [2.24, 2.45) is 17.8 Å². The second kappa shape index (κ2) is 5.53. The van der Waals surface area contributed by atoms with Gasteiger partial charge in [-0.2, -0.15) is 4.98 Å². The zero-order chi connectivity index (χ0) is 16.2.